The summed E-state index contributed by atoms with van der Waals surface area (Å²) in [4.78, 5) is 4.48. The van der Waals surface area contributed by atoms with Crippen LogP contribution in [0, 0.1) is 5.92 Å². The molecule has 3 rings (SSSR count). The molecule has 0 spiro atoms. The van der Waals surface area contributed by atoms with Crippen LogP contribution in [0.3, 0.4) is 0 Å². The summed E-state index contributed by atoms with van der Waals surface area (Å²) in [5.74, 6) is 1.90. The zero-order valence-electron chi connectivity index (χ0n) is 11.8. The number of hydrogen-bond acceptors (Lipinski definition) is 4. The third kappa shape index (κ3) is 2.45. The highest BCUT2D eigenvalue weighted by molar-refractivity contribution is 5.84. The maximum absolute atomic E-state index is 6.08. The molecule has 0 aliphatic carbocycles. The maximum atomic E-state index is 6.08. The van der Waals surface area contributed by atoms with Crippen LogP contribution >= 0.6 is 0 Å². The maximum Gasteiger partial charge on any atom is 0.201 e. The van der Waals surface area contributed by atoms with Gasteiger partial charge in [0.25, 0.3) is 0 Å². The lowest BCUT2D eigenvalue weighted by Gasteiger charge is -2.11. The van der Waals surface area contributed by atoms with Gasteiger partial charge in [-0.2, -0.15) is 0 Å². The molecule has 1 fully saturated rings. The highest BCUT2D eigenvalue weighted by Gasteiger charge is 2.20. The van der Waals surface area contributed by atoms with E-state index in [-0.39, 0.29) is 0 Å². The largest absolute Gasteiger partial charge is 0.491 e. The van der Waals surface area contributed by atoms with Crippen molar-refractivity contribution in [1.82, 2.24) is 9.55 Å². The second-order valence-corrected chi connectivity index (χ2v) is 5.28. The molecule has 1 atom stereocenters. The number of rotatable bonds is 5. The zero-order valence-corrected chi connectivity index (χ0v) is 11.8. The zero-order chi connectivity index (χ0) is 13.9. The highest BCUT2D eigenvalue weighted by Crippen LogP contribution is 2.28. The Balaban J connectivity index is 1.93. The van der Waals surface area contributed by atoms with Crippen molar-refractivity contribution < 1.29 is 9.47 Å². The summed E-state index contributed by atoms with van der Waals surface area (Å²) < 4.78 is 13.3. The number of nitrogens with two attached hydrogens (primary N) is 1. The molecule has 0 saturated carbocycles. The Morgan fingerprint density at radius 3 is 3.15 bits per heavy atom. The van der Waals surface area contributed by atoms with Crippen molar-refractivity contribution in [3.63, 3.8) is 0 Å². The minimum atomic E-state index is 0.523. The number of imidazole rings is 1. The van der Waals surface area contributed by atoms with E-state index in [4.69, 9.17) is 15.2 Å². The first-order valence-corrected chi connectivity index (χ1v) is 7.25. The Morgan fingerprint density at radius 1 is 1.50 bits per heavy atom. The van der Waals surface area contributed by atoms with E-state index in [1.54, 1.807) is 0 Å². The van der Waals surface area contributed by atoms with Crippen LogP contribution in [0.25, 0.3) is 11.0 Å². The Morgan fingerprint density at radius 2 is 2.40 bits per heavy atom. The van der Waals surface area contributed by atoms with Crippen molar-refractivity contribution in [3.8, 4) is 5.75 Å². The molecule has 20 heavy (non-hydrogen) atoms. The van der Waals surface area contributed by atoms with E-state index >= 15 is 0 Å². The standard InChI is InChI=1S/C15H21N3O2/c1-2-7-20-13-5-3-4-12-14(13)17-15(16)18(12)9-11-6-8-19-10-11/h3-5,11H,2,6-10H2,1H3,(H2,16,17). The van der Waals surface area contributed by atoms with Crippen molar-refractivity contribution in [3.05, 3.63) is 18.2 Å². The number of nitrogens with zero attached hydrogens (tertiary/aromatic N) is 2. The summed E-state index contributed by atoms with van der Waals surface area (Å²) in [5, 5.41) is 0. The predicted octanol–water partition coefficient (Wildman–Crippen LogP) is 2.44. The summed E-state index contributed by atoms with van der Waals surface area (Å²) in [6.45, 7) is 5.31. The molecule has 0 amide bonds. The lowest BCUT2D eigenvalue weighted by molar-refractivity contribution is 0.183. The van der Waals surface area contributed by atoms with E-state index in [1.807, 2.05) is 18.2 Å². The molecule has 0 radical (unpaired) electrons. The first-order chi connectivity index (χ1) is 9.79. The lowest BCUT2D eigenvalue weighted by Crippen LogP contribution is -2.12. The van der Waals surface area contributed by atoms with Crippen LogP contribution in [0.5, 0.6) is 5.75 Å². The Kier molecular flexibility index (Phi) is 3.78. The fraction of sp³-hybridized carbons (Fsp3) is 0.533. The van der Waals surface area contributed by atoms with Gasteiger partial charge in [-0.25, -0.2) is 4.98 Å². The van der Waals surface area contributed by atoms with Gasteiger partial charge in [0.2, 0.25) is 5.95 Å². The molecule has 1 unspecified atom stereocenters. The molecule has 1 aromatic carbocycles. The summed E-state index contributed by atoms with van der Waals surface area (Å²) in [6.07, 6.45) is 2.07. The number of fused-ring (bicyclic) bond motifs is 1. The molecule has 5 nitrogen and oxygen atoms in total. The molecule has 2 heterocycles. The number of hydrogen-bond donors (Lipinski definition) is 1. The van der Waals surface area contributed by atoms with Crippen LogP contribution in [0.1, 0.15) is 19.8 Å². The average molecular weight is 275 g/mol. The van der Waals surface area contributed by atoms with Crippen LogP contribution in [-0.2, 0) is 11.3 Å². The fourth-order valence-electron chi connectivity index (χ4n) is 2.65. The van der Waals surface area contributed by atoms with E-state index in [9.17, 15) is 0 Å². The van der Waals surface area contributed by atoms with Gasteiger partial charge >= 0.3 is 0 Å². The summed E-state index contributed by atoms with van der Waals surface area (Å²) in [7, 11) is 0. The van der Waals surface area contributed by atoms with E-state index in [0.717, 1.165) is 49.4 Å². The average Bonchev–Trinajstić information content (AvgIpc) is 3.06. The number of para-hydroxylation sites is 1. The molecule has 5 heteroatoms. The van der Waals surface area contributed by atoms with E-state index in [2.05, 4.69) is 16.5 Å². The first kappa shape index (κ1) is 13.2. The third-order valence-corrected chi connectivity index (χ3v) is 3.70. The van der Waals surface area contributed by atoms with Crippen LogP contribution in [0.15, 0.2) is 18.2 Å². The van der Waals surface area contributed by atoms with Crippen molar-refractivity contribution in [1.29, 1.82) is 0 Å². The van der Waals surface area contributed by atoms with Gasteiger partial charge < -0.3 is 19.8 Å². The molecule has 1 aliphatic rings. The fourth-order valence-corrected chi connectivity index (χ4v) is 2.65. The summed E-state index contributed by atoms with van der Waals surface area (Å²) in [5.41, 5.74) is 7.99. The van der Waals surface area contributed by atoms with E-state index in [0.29, 0.717) is 18.5 Å². The molecular weight excluding hydrogens is 254 g/mol. The SMILES string of the molecule is CCCOc1cccc2c1nc(N)n2CC1CCOC1. The first-order valence-electron chi connectivity index (χ1n) is 7.25. The summed E-state index contributed by atoms with van der Waals surface area (Å²) in [6, 6.07) is 6.00. The van der Waals surface area contributed by atoms with Crippen LogP contribution < -0.4 is 10.5 Å². The van der Waals surface area contributed by atoms with Gasteiger partial charge in [0, 0.05) is 19.1 Å². The van der Waals surface area contributed by atoms with E-state index in [1.165, 1.54) is 0 Å². The smallest absolute Gasteiger partial charge is 0.201 e. The number of benzene rings is 1. The number of anilines is 1. The second-order valence-electron chi connectivity index (χ2n) is 5.28. The van der Waals surface area contributed by atoms with Crippen LogP contribution in [-0.4, -0.2) is 29.4 Å². The van der Waals surface area contributed by atoms with Gasteiger partial charge in [-0.3, -0.25) is 0 Å². The van der Waals surface area contributed by atoms with Crippen molar-refractivity contribution in [2.75, 3.05) is 25.6 Å². The molecule has 1 aromatic heterocycles. The number of nitrogen functional groups attached to an aromatic ring is 1. The van der Waals surface area contributed by atoms with Gasteiger partial charge in [-0.15, -0.1) is 0 Å². The molecule has 2 aromatic rings. The highest BCUT2D eigenvalue weighted by atomic mass is 16.5. The lowest BCUT2D eigenvalue weighted by atomic mass is 10.1. The van der Waals surface area contributed by atoms with Gasteiger partial charge in [-0.1, -0.05) is 13.0 Å². The Bertz CT molecular complexity index is 588. The van der Waals surface area contributed by atoms with Gasteiger partial charge in [0.1, 0.15) is 11.3 Å². The summed E-state index contributed by atoms with van der Waals surface area (Å²) >= 11 is 0. The Hall–Kier alpha value is -1.75. The molecular formula is C15H21N3O2. The molecule has 1 saturated heterocycles. The van der Waals surface area contributed by atoms with Crippen LogP contribution in [0.4, 0.5) is 5.95 Å². The normalized spacial score (nSPS) is 18.8. The topological polar surface area (TPSA) is 62.3 Å². The predicted molar refractivity (Wildman–Crippen MR) is 78.9 cm³/mol. The third-order valence-electron chi connectivity index (χ3n) is 3.70. The van der Waals surface area contributed by atoms with E-state index < -0.39 is 0 Å². The number of ether oxygens (including phenoxy) is 2. The van der Waals surface area contributed by atoms with Crippen molar-refractivity contribution >= 4 is 17.0 Å². The molecule has 1 aliphatic heterocycles. The molecule has 108 valence electrons. The molecule has 0 bridgehead atoms. The second kappa shape index (κ2) is 5.71. The van der Waals surface area contributed by atoms with Gasteiger partial charge in [0.05, 0.1) is 18.7 Å². The van der Waals surface area contributed by atoms with Crippen molar-refractivity contribution in [2.45, 2.75) is 26.3 Å². The van der Waals surface area contributed by atoms with Gasteiger partial charge in [0.15, 0.2) is 0 Å². The van der Waals surface area contributed by atoms with Gasteiger partial charge in [-0.05, 0) is 25.0 Å². The minimum absolute atomic E-state index is 0.523. The quantitative estimate of drug-likeness (QED) is 0.910. The number of aromatic nitrogens is 2. The monoisotopic (exact) mass is 275 g/mol. The minimum Gasteiger partial charge on any atom is -0.491 e. The Labute approximate surface area is 118 Å². The molecule has 2 N–H and O–H groups in total. The van der Waals surface area contributed by atoms with Crippen molar-refractivity contribution in [2.24, 2.45) is 5.92 Å². The van der Waals surface area contributed by atoms with Crippen LogP contribution in [0.2, 0.25) is 0 Å².